The van der Waals surface area contributed by atoms with Crippen LogP contribution in [-0.4, -0.2) is 46.4 Å². The summed E-state index contributed by atoms with van der Waals surface area (Å²) >= 11 is 0. The Labute approximate surface area is 186 Å². The lowest BCUT2D eigenvalue weighted by molar-refractivity contribution is -0.111. The third-order valence-electron chi connectivity index (χ3n) is 4.91. The third kappa shape index (κ3) is 4.72. The van der Waals surface area contributed by atoms with Gasteiger partial charge in [0.25, 0.3) is 0 Å². The van der Waals surface area contributed by atoms with E-state index in [1.807, 2.05) is 67.7 Å². The second kappa shape index (κ2) is 9.25. The van der Waals surface area contributed by atoms with Crippen molar-refractivity contribution in [1.82, 2.24) is 19.9 Å². The molecule has 0 spiro atoms. The van der Waals surface area contributed by atoms with Crippen LogP contribution in [0.25, 0.3) is 33.3 Å². The standard InChI is InChI=1S/C25H22N6O/c1-31(2)8-4-7-24(32)30-21-6-3-5-18(10-21)19-11-22-23(16-29-25(22)28-15-19)20-9-17(12-26)13-27-14-20/h3-7,9-11,13-16H,8H2,1-2H3,(H,28,29)(H,30,32)/b7-4+. The first-order chi connectivity index (χ1) is 15.5. The number of nitrogens with zero attached hydrogens (tertiary/aromatic N) is 4. The summed E-state index contributed by atoms with van der Waals surface area (Å²) in [6.45, 7) is 0.699. The molecule has 0 saturated heterocycles. The smallest absolute Gasteiger partial charge is 0.248 e. The number of rotatable bonds is 6. The van der Waals surface area contributed by atoms with Gasteiger partial charge < -0.3 is 15.2 Å². The van der Waals surface area contributed by atoms with Crippen molar-refractivity contribution in [3.05, 3.63) is 78.9 Å². The molecule has 0 aliphatic carbocycles. The highest BCUT2D eigenvalue weighted by Crippen LogP contribution is 2.31. The number of aromatic nitrogens is 3. The van der Waals surface area contributed by atoms with Crippen LogP contribution in [0.2, 0.25) is 0 Å². The summed E-state index contributed by atoms with van der Waals surface area (Å²) in [5.41, 5.74) is 5.59. The predicted molar refractivity (Wildman–Crippen MR) is 126 cm³/mol. The molecule has 0 unspecified atom stereocenters. The number of hydrogen-bond donors (Lipinski definition) is 2. The Morgan fingerprint density at radius 1 is 1.16 bits per heavy atom. The molecule has 0 aliphatic heterocycles. The quantitative estimate of drug-likeness (QED) is 0.454. The number of amides is 1. The molecule has 4 aromatic rings. The summed E-state index contributed by atoms with van der Waals surface area (Å²) in [5, 5.41) is 13.0. The molecule has 1 amide bonds. The van der Waals surface area contributed by atoms with Crippen molar-refractivity contribution in [1.29, 1.82) is 5.26 Å². The molecule has 2 N–H and O–H groups in total. The highest BCUT2D eigenvalue weighted by Gasteiger charge is 2.11. The van der Waals surface area contributed by atoms with Crippen LogP contribution < -0.4 is 5.32 Å². The van der Waals surface area contributed by atoms with Gasteiger partial charge in [0.2, 0.25) is 5.91 Å². The first kappa shape index (κ1) is 21.0. The Bertz CT molecular complexity index is 1350. The van der Waals surface area contributed by atoms with E-state index < -0.39 is 0 Å². The molecule has 0 saturated carbocycles. The molecule has 158 valence electrons. The summed E-state index contributed by atoms with van der Waals surface area (Å²) in [5.74, 6) is -0.171. The van der Waals surface area contributed by atoms with Crippen LogP contribution >= 0.6 is 0 Å². The first-order valence-electron chi connectivity index (χ1n) is 10.1. The number of aromatic amines is 1. The van der Waals surface area contributed by atoms with Crippen LogP contribution in [0.15, 0.2) is 73.3 Å². The lowest BCUT2D eigenvalue weighted by Crippen LogP contribution is -2.12. The van der Waals surface area contributed by atoms with Gasteiger partial charge in [0.05, 0.1) is 5.56 Å². The summed E-state index contributed by atoms with van der Waals surface area (Å²) in [4.78, 5) is 26.0. The summed E-state index contributed by atoms with van der Waals surface area (Å²) in [6, 6.07) is 13.6. The number of nitrogens with one attached hydrogen (secondary N) is 2. The van der Waals surface area contributed by atoms with Gasteiger partial charge in [-0.05, 0) is 43.9 Å². The van der Waals surface area contributed by atoms with E-state index in [0.717, 1.165) is 33.3 Å². The number of fused-ring (bicyclic) bond motifs is 1. The first-order valence-corrected chi connectivity index (χ1v) is 10.1. The SMILES string of the molecule is CN(C)C/C=C/C(=O)Nc1cccc(-c2cnc3[nH]cc(-c4cncc(C#N)c4)c3c2)c1. The monoisotopic (exact) mass is 422 g/mol. The molecule has 7 nitrogen and oxygen atoms in total. The Balaban J connectivity index is 1.63. The van der Waals surface area contributed by atoms with Crippen molar-refractivity contribution in [2.24, 2.45) is 0 Å². The van der Waals surface area contributed by atoms with Gasteiger partial charge in [-0.1, -0.05) is 18.2 Å². The molecule has 7 heteroatoms. The number of hydrogen-bond acceptors (Lipinski definition) is 5. The van der Waals surface area contributed by atoms with Crippen molar-refractivity contribution >= 4 is 22.6 Å². The van der Waals surface area contributed by atoms with Crippen LogP contribution in [0.5, 0.6) is 0 Å². The molecule has 0 fully saturated rings. The molecule has 0 aliphatic rings. The second-order valence-corrected chi connectivity index (χ2v) is 7.63. The zero-order valence-electron chi connectivity index (χ0n) is 17.8. The van der Waals surface area contributed by atoms with Gasteiger partial charge in [-0.15, -0.1) is 0 Å². The van der Waals surface area contributed by atoms with Crippen molar-refractivity contribution < 1.29 is 4.79 Å². The maximum Gasteiger partial charge on any atom is 0.248 e. The molecule has 0 radical (unpaired) electrons. The van der Waals surface area contributed by atoms with Gasteiger partial charge in [0.1, 0.15) is 11.7 Å². The fourth-order valence-electron chi connectivity index (χ4n) is 3.38. The van der Waals surface area contributed by atoms with E-state index in [9.17, 15) is 10.1 Å². The lowest BCUT2D eigenvalue weighted by atomic mass is 10.0. The Morgan fingerprint density at radius 3 is 2.84 bits per heavy atom. The molecule has 32 heavy (non-hydrogen) atoms. The normalized spacial score (nSPS) is 11.2. The highest BCUT2D eigenvalue weighted by molar-refractivity contribution is 6.00. The van der Waals surface area contributed by atoms with Gasteiger partial charge in [0.15, 0.2) is 0 Å². The number of carbonyl (C=O) groups is 1. The van der Waals surface area contributed by atoms with Crippen LogP contribution in [0.1, 0.15) is 5.56 Å². The number of H-pyrrole nitrogens is 1. The van der Waals surface area contributed by atoms with Crippen LogP contribution in [0, 0.1) is 11.3 Å². The Hall–Kier alpha value is -4.28. The minimum atomic E-state index is -0.171. The Morgan fingerprint density at radius 2 is 2.03 bits per heavy atom. The van der Waals surface area contributed by atoms with Crippen molar-refractivity contribution in [3.63, 3.8) is 0 Å². The van der Waals surface area contributed by atoms with Crippen LogP contribution in [0.4, 0.5) is 5.69 Å². The number of anilines is 1. The Kier molecular flexibility index (Phi) is 6.06. The fraction of sp³-hybridized carbons (Fsp3) is 0.120. The van der Waals surface area contributed by atoms with Gasteiger partial charge >= 0.3 is 0 Å². The fourth-order valence-corrected chi connectivity index (χ4v) is 3.38. The molecule has 0 bridgehead atoms. The van der Waals surface area contributed by atoms with Crippen LogP contribution in [-0.2, 0) is 4.79 Å². The predicted octanol–water partition coefficient (Wildman–Crippen LogP) is 4.22. The van der Waals surface area contributed by atoms with Crippen molar-refractivity contribution in [2.45, 2.75) is 0 Å². The zero-order valence-corrected chi connectivity index (χ0v) is 17.8. The summed E-state index contributed by atoms with van der Waals surface area (Å²) in [7, 11) is 3.90. The zero-order chi connectivity index (χ0) is 22.5. The van der Waals surface area contributed by atoms with E-state index in [-0.39, 0.29) is 5.91 Å². The van der Waals surface area contributed by atoms with Gasteiger partial charge in [-0.2, -0.15) is 5.26 Å². The number of carbonyl (C=O) groups excluding carboxylic acids is 1. The van der Waals surface area contributed by atoms with Crippen molar-refractivity contribution in [2.75, 3.05) is 26.0 Å². The average molecular weight is 422 g/mol. The average Bonchev–Trinajstić information content (AvgIpc) is 3.22. The molecular formula is C25H22N6O. The van der Waals surface area contributed by atoms with E-state index in [2.05, 4.69) is 26.3 Å². The minimum absolute atomic E-state index is 0.171. The molecule has 3 heterocycles. The van der Waals surface area contributed by atoms with E-state index in [4.69, 9.17) is 0 Å². The van der Waals surface area contributed by atoms with Crippen molar-refractivity contribution in [3.8, 4) is 28.3 Å². The molecule has 0 atom stereocenters. The van der Waals surface area contributed by atoms with Gasteiger partial charge in [0, 0.05) is 65.2 Å². The summed E-state index contributed by atoms with van der Waals surface area (Å²) in [6.07, 6.45) is 10.3. The second-order valence-electron chi connectivity index (χ2n) is 7.63. The van der Waals surface area contributed by atoms with Crippen LogP contribution in [0.3, 0.4) is 0 Å². The maximum absolute atomic E-state index is 12.2. The third-order valence-corrected chi connectivity index (χ3v) is 4.91. The molecule has 3 aromatic heterocycles. The van der Waals surface area contributed by atoms with Gasteiger partial charge in [-0.3, -0.25) is 9.78 Å². The highest BCUT2D eigenvalue weighted by atomic mass is 16.1. The molecule has 4 rings (SSSR count). The largest absolute Gasteiger partial charge is 0.346 e. The van der Waals surface area contributed by atoms with E-state index in [0.29, 0.717) is 17.8 Å². The maximum atomic E-state index is 12.2. The number of likely N-dealkylation sites (N-methyl/N-ethyl adjacent to an activating group) is 1. The molecular weight excluding hydrogens is 400 g/mol. The van der Waals surface area contributed by atoms with Gasteiger partial charge in [-0.25, -0.2) is 4.98 Å². The topological polar surface area (TPSA) is 97.7 Å². The lowest BCUT2D eigenvalue weighted by Gasteiger charge is -2.07. The minimum Gasteiger partial charge on any atom is -0.346 e. The summed E-state index contributed by atoms with van der Waals surface area (Å²) < 4.78 is 0. The van der Waals surface area contributed by atoms with E-state index in [1.165, 1.54) is 12.3 Å². The van der Waals surface area contributed by atoms with E-state index in [1.54, 1.807) is 12.4 Å². The molecule has 1 aromatic carbocycles. The number of benzene rings is 1. The number of pyridine rings is 2. The number of nitriles is 1. The van der Waals surface area contributed by atoms with E-state index >= 15 is 0 Å².